The van der Waals surface area contributed by atoms with Gasteiger partial charge in [0.15, 0.2) is 0 Å². The maximum Gasteiger partial charge on any atom is 0.321 e. The number of aromatic nitrogens is 2. The third-order valence-corrected chi connectivity index (χ3v) is 4.07. The third kappa shape index (κ3) is 3.97. The van der Waals surface area contributed by atoms with Gasteiger partial charge in [0.05, 0.1) is 23.5 Å². The molecule has 3 rings (SSSR count). The largest absolute Gasteiger partial charge is 0.393 e. The zero-order valence-electron chi connectivity index (χ0n) is 14.4. The molecule has 0 unspecified atom stereocenters. The summed E-state index contributed by atoms with van der Waals surface area (Å²) in [7, 11) is 1.71. The number of rotatable bonds is 5. The molecule has 0 bridgehead atoms. The third-order valence-electron chi connectivity index (χ3n) is 4.07. The molecule has 6 nitrogen and oxygen atoms in total. The highest BCUT2D eigenvalue weighted by molar-refractivity contribution is 5.89. The molecule has 1 aromatic heterocycles. The Hall–Kier alpha value is -2.86. The Kier molecular flexibility index (Phi) is 5.00. The SMILES string of the molecule is C[C@H](O)CCN(C)C(=O)Nc1ccc(-n2ncc3ccccc32)cc1. The van der Waals surface area contributed by atoms with Gasteiger partial charge in [-0.15, -0.1) is 0 Å². The number of fused-ring (bicyclic) bond motifs is 1. The fraction of sp³-hybridized carbons (Fsp3) is 0.263. The number of urea groups is 1. The van der Waals surface area contributed by atoms with Crippen LogP contribution in [0.4, 0.5) is 10.5 Å². The van der Waals surface area contributed by atoms with Crippen molar-refractivity contribution in [1.82, 2.24) is 14.7 Å². The summed E-state index contributed by atoms with van der Waals surface area (Å²) < 4.78 is 1.87. The Balaban J connectivity index is 1.69. The Bertz CT molecular complexity index is 855. The molecule has 3 aromatic rings. The number of benzene rings is 2. The number of nitrogens with zero attached hydrogens (tertiary/aromatic N) is 3. The van der Waals surface area contributed by atoms with Gasteiger partial charge in [-0.25, -0.2) is 9.48 Å². The summed E-state index contributed by atoms with van der Waals surface area (Å²) in [5.41, 5.74) is 2.69. The fourth-order valence-corrected chi connectivity index (χ4v) is 2.56. The van der Waals surface area contributed by atoms with E-state index in [9.17, 15) is 9.90 Å². The number of aliphatic hydroxyl groups is 1. The molecular weight excluding hydrogens is 316 g/mol. The number of amides is 2. The number of anilines is 1. The van der Waals surface area contributed by atoms with E-state index in [0.29, 0.717) is 18.7 Å². The van der Waals surface area contributed by atoms with E-state index in [1.54, 1.807) is 18.9 Å². The van der Waals surface area contributed by atoms with Crippen LogP contribution in [0.15, 0.2) is 54.7 Å². The van der Waals surface area contributed by atoms with E-state index in [4.69, 9.17) is 0 Å². The number of hydrogen-bond acceptors (Lipinski definition) is 3. The molecule has 0 saturated heterocycles. The van der Waals surface area contributed by atoms with E-state index in [1.807, 2.05) is 59.4 Å². The van der Waals surface area contributed by atoms with Gasteiger partial charge < -0.3 is 15.3 Å². The summed E-state index contributed by atoms with van der Waals surface area (Å²) in [6.07, 6.45) is 1.97. The smallest absolute Gasteiger partial charge is 0.321 e. The summed E-state index contributed by atoms with van der Waals surface area (Å²) in [4.78, 5) is 13.7. The lowest BCUT2D eigenvalue weighted by Gasteiger charge is -2.18. The van der Waals surface area contributed by atoms with Crippen molar-refractivity contribution in [2.75, 3.05) is 18.9 Å². The van der Waals surface area contributed by atoms with Crippen LogP contribution in [0.5, 0.6) is 0 Å². The van der Waals surface area contributed by atoms with Crippen LogP contribution in [0.3, 0.4) is 0 Å². The first-order valence-corrected chi connectivity index (χ1v) is 8.28. The van der Waals surface area contributed by atoms with Crippen LogP contribution in [0, 0.1) is 0 Å². The maximum atomic E-state index is 12.1. The number of para-hydroxylation sites is 1. The van der Waals surface area contributed by atoms with Gasteiger partial charge in [0.2, 0.25) is 0 Å². The molecule has 130 valence electrons. The molecule has 0 radical (unpaired) electrons. The lowest BCUT2D eigenvalue weighted by atomic mass is 10.2. The Morgan fingerprint density at radius 3 is 2.68 bits per heavy atom. The van der Waals surface area contributed by atoms with Crippen LogP contribution in [-0.4, -0.2) is 45.5 Å². The lowest BCUT2D eigenvalue weighted by molar-refractivity contribution is 0.167. The molecular formula is C19H22N4O2. The molecule has 0 fully saturated rings. The number of carbonyl (C=O) groups excluding carboxylic acids is 1. The molecule has 2 amide bonds. The van der Waals surface area contributed by atoms with Gasteiger partial charge in [-0.1, -0.05) is 18.2 Å². The van der Waals surface area contributed by atoms with Gasteiger partial charge in [0.25, 0.3) is 0 Å². The van der Waals surface area contributed by atoms with Crippen molar-refractivity contribution >= 4 is 22.6 Å². The zero-order valence-corrected chi connectivity index (χ0v) is 14.4. The zero-order chi connectivity index (χ0) is 17.8. The minimum atomic E-state index is -0.418. The first kappa shape index (κ1) is 17.0. The van der Waals surface area contributed by atoms with Crippen LogP contribution in [0.1, 0.15) is 13.3 Å². The van der Waals surface area contributed by atoms with E-state index in [-0.39, 0.29) is 6.03 Å². The van der Waals surface area contributed by atoms with Crippen LogP contribution in [0.25, 0.3) is 16.6 Å². The van der Waals surface area contributed by atoms with Gasteiger partial charge in [-0.3, -0.25) is 0 Å². The molecule has 1 heterocycles. The predicted octanol–water partition coefficient (Wildman–Crippen LogP) is 3.26. The van der Waals surface area contributed by atoms with E-state index in [0.717, 1.165) is 16.6 Å². The van der Waals surface area contributed by atoms with Crippen LogP contribution < -0.4 is 5.32 Å². The summed E-state index contributed by atoms with van der Waals surface area (Å²) >= 11 is 0. The Morgan fingerprint density at radius 2 is 1.96 bits per heavy atom. The summed E-state index contributed by atoms with van der Waals surface area (Å²) in [6, 6.07) is 15.4. The average molecular weight is 338 g/mol. The molecule has 0 aliphatic heterocycles. The molecule has 2 aromatic carbocycles. The van der Waals surface area contributed by atoms with E-state index >= 15 is 0 Å². The summed E-state index contributed by atoms with van der Waals surface area (Å²) in [5, 5.41) is 17.7. The molecule has 0 aliphatic carbocycles. The van der Waals surface area contributed by atoms with Crippen LogP contribution in [0.2, 0.25) is 0 Å². The molecule has 2 N–H and O–H groups in total. The van der Waals surface area contributed by atoms with Gasteiger partial charge in [0, 0.05) is 24.7 Å². The minimum Gasteiger partial charge on any atom is -0.393 e. The van der Waals surface area contributed by atoms with Crippen molar-refractivity contribution < 1.29 is 9.90 Å². The predicted molar refractivity (Wildman–Crippen MR) is 99.0 cm³/mol. The number of nitrogens with one attached hydrogen (secondary N) is 1. The van der Waals surface area contributed by atoms with Crippen molar-refractivity contribution in [2.24, 2.45) is 0 Å². The average Bonchev–Trinajstić information content (AvgIpc) is 3.04. The summed E-state index contributed by atoms with van der Waals surface area (Å²) in [5.74, 6) is 0. The topological polar surface area (TPSA) is 70.4 Å². The maximum absolute atomic E-state index is 12.1. The number of hydrogen-bond donors (Lipinski definition) is 2. The van der Waals surface area contributed by atoms with E-state index < -0.39 is 6.10 Å². The molecule has 0 saturated carbocycles. The summed E-state index contributed by atoms with van der Waals surface area (Å²) in [6.45, 7) is 2.21. The molecule has 0 aliphatic rings. The van der Waals surface area contributed by atoms with Gasteiger partial charge in [-0.05, 0) is 43.7 Å². The van der Waals surface area contributed by atoms with Gasteiger partial charge >= 0.3 is 6.03 Å². The first-order valence-electron chi connectivity index (χ1n) is 8.28. The Morgan fingerprint density at radius 1 is 1.24 bits per heavy atom. The minimum absolute atomic E-state index is 0.196. The number of aliphatic hydroxyl groups excluding tert-OH is 1. The van der Waals surface area contributed by atoms with E-state index in [2.05, 4.69) is 10.4 Å². The lowest BCUT2D eigenvalue weighted by Crippen LogP contribution is -2.33. The van der Waals surface area contributed by atoms with Gasteiger partial charge in [0.1, 0.15) is 0 Å². The first-order chi connectivity index (χ1) is 12.0. The monoisotopic (exact) mass is 338 g/mol. The van der Waals surface area contributed by atoms with Crippen LogP contribution in [-0.2, 0) is 0 Å². The second-order valence-electron chi connectivity index (χ2n) is 6.15. The molecule has 25 heavy (non-hydrogen) atoms. The molecule has 0 spiro atoms. The van der Waals surface area contributed by atoms with Crippen molar-refractivity contribution in [3.8, 4) is 5.69 Å². The quantitative estimate of drug-likeness (QED) is 0.750. The highest BCUT2D eigenvalue weighted by Gasteiger charge is 2.10. The van der Waals surface area contributed by atoms with Crippen molar-refractivity contribution in [3.63, 3.8) is 0 Å². The standard InChI is InChI=1S/C19H22N4O2/c1-14(24)11-12-22(2)19(25)21-16-7-9-17(10-8-16)23-18-6-4-3-5-15(18)13-20-23/h3-10,13-14,24H,11-12H2,1-2H3,(H,21,25)/t14-/m0/s1. The van der Waals surface area contributed by atoms with Gasteiger partial charge in [-0.2, -0.15) is 5.10 Å². The molecule has 1 atom stereocenters. The van der Waals surface area contributed by atoms with Crippen LogP contribution >= 0.6 is 0 Å². The highest BCUT2D eigenvalue weighted by atomic mass is 16.3. The second-order valence-corrected chi connectivity index (χ2v) is 6.15. The Labute approximate surface area is 146 Å². The normalized spacial score (nSPS) is 12.1. The second kappa shape index (κ2) is 7.36. The number of carbonyl (C=O) groups is 1. The van der Waals surface area contributed by atoms with Crippen molar-refractivity contribution in [2.45, 2.75) is 19.4 Å². The van der Waals surface area contributed by atoms with Crippen molar-refractivity contribution in [3.05, 3.63) is 54.7 Å². The molecule has 6 heteroatoms. The van der Waals surface area contributed by atoms with E-state index in [1.165, 1.54) is 0 Å². The van der Waals surface area contributed by atoms with Crippen molar-refractivity contribution in [1.29, 1.82) is 0 Å². The highest BCUT2D eigenvalue weighted by Crippen LogP contribution is 2.19. The fourth-order valence-electron chi connectivity index (χ4n) is 2.56.